The van der Waals surface area contributed by atoms with E-state index in [1.54, 1.807) is 11.3 Å². The number of fused-ring (bicyclic) bond motifs is 1. The monoisotopic (exact) mass is 446 g/mol. The maximum absolute atomic E-state index is 12.3. The summed E-state index contributed by atoms with van der Waals surface area (Å²) in [5, 5.41) is 12.0. The second-order valence-corrected chi connectivity index (χ2v) is 7.99. The third-order valence-electron chi connectivity index (χ3n) is 4.72. The molecule has 0 unspecified atom stereocenters. The Bertz CT molecular complexity index is 1280. The first-order valence-electron chi connectivity index (χ1n) is 9.77. The van der Waals surface area contributed by atoms with Gasteiger partial charge in [0.2, 0.25) is 6.08 Å². The SMILES string of the molecule is CCc1cccc(NC(=O)Nc2ccc(-c3c(C)sc4ncnc(N)c34)cc2)c1.N=C=O. The number of hydrogen-bond donors (Lipinski definition) is 4. The average Bonchev–Trinajstić information content (AvgIpc) is 3.12. The molecule has 0 saturated carbocycles. The van der Waals surface area contributed by atoms with Crippen LogP contribution in [-0.2, 0) is 11.2 Å². The summed E-state index contributed by atoms with van der Waals surface area (Å²) in [4.78, 5) is 31.1. The molecule has 32 heavy (non-hydrogen) atoms. The second-order valence-electron chi connectivity index (χ2n) is 6.78. The first-order chi connectivity index (χ1) is 15.5. The number of thiophene rings is 1. The average molecular weight is 447 g/mol. The van der Waals surface area contributed by atoms with Crippen LogP contribution in [0.3, 0.4) is 0 Å². The Hall–Kier alpha value is -4.07. The van der Waals surface area contributed by atoms with E-state index in [1.807, 2.05) is 55.5 Å². The molecule has 0 bridgehead atoms. The summed E-state index contributed by atoms with van der Waals surface area (Å²) < 4.78 is 0. The summed E-state index contributed by atoms with van der Waals surface area (Å²) in [6, 6.07) is 15.2. The van der Waals surface area contributed by atoms with E-state index in [1.165, 1.54) is 11.9 Å². The predicted octanol–water partition coefficient (Wildman–Crippen LogP) is 5.36. The van der Waals surface area contributed by atoms with Crippen molar-refractivity contribution in [3.63, 3.8) is 0 Å². The van der Waals surface area contributed by atoms with Gasteiger partial charge in [-0.05, 0) is 48.7 Å². The highest BCUT2D eigenvalue weighted by molar-refractivity contribution is 7.19. The van der Waals surface area contributed by atoms with E-state index in [4.69, 9.17) is 15.9 Å². The summed E-state index contributed by atoms with van der Waals surface area (Å²) in [5.41, 5.74) is 10.8. The fourth-order valence-electron chi connectivity index (χ4n) is 3.30. The fourth-order valence-corrected chi connectivity index (χ4v) is 4.32. The minimum Gasteiger partial charge on any atom is -0.383 e. The number of rotatable bonds is 4. The molecule has 0 atom stereocenters. The molecule has 0 spiro atoms. The van der Waals surface area contributed by atoms with Crippen LogP contribution in [0.4, 0.5) is 22.0 Å². The number of nitrogen functional groups attached to an aromatic ring is 1. The summed E-state index contributed by atoms with van der Waals surface area (Å²) in [6.07, 6.45) is 3.16. The Morgan fingerprint density at radius 1 is 1.12 bits per heavy atom. The molecule has 9 heteroatoms. The number of carbonyl (C=O) groups is 1. The van der Waals surface area contributed by atoms with E-state index in [0.717, 1.165) is 44.4 Å². The number of nitrogens with one attached hydrogen (secondary N) is 3. The molecule has 8 nitrogen and oxygen atoms in total. The van der Waals surface area contributed by atoms with Gasteiger partial charge in [-0.3, -0.25) is 0 Å². The van der Waals surface area contributed by atoms with Crippen LogP contribution in [0.25, 0.3) is 21.3 Å². The van der Waals surface area contributed by atoms with Gasteiger partial charge in [0.15, 0.2) is 0 Å². The highest BCUT2D eigenvalue weighted by Crippen LogP contribution is 2.39. The second kappa shape index (κ2) is 10.3. The molecule has 0 aliphatic carbocycles. The van der Waals surface area contributed by atoms with Gasteiger partial charge >= 0.3 is 6.03 Å². The molecular weight excluding hydrogens is 424 g/mol. The van der Waals surface area contributed by atoms with Gasteiger partial charge in [-0.25, -0.2) is 25.0 Å². The molecule has 2 aromatic carbocycles. The highest BCUT2D eigenvalue weighted by atomic mass is 32.1. The van der Waals surface area contributed by atoms with Gasteiger partial charge in [-0.2, -0.15) is 0 Å². The van der Waals surface area contributed by atoms with Crippen molar-refractivity contribution in [2.75, 3.05) is 16.4 Å². The third-order valence-corrected chi connectivity index (χ3v) is 5.73. The molecule has 2 amide bonds. The zero-order chi connectivity index (χ0) is 23.1. The zero-order valence-corrected chi connectivity index (χ0v) is 18.4. The Morgan fingerprint density at radius 2 is 1.81 bits per heavy atom. The number of nitrogens with zero attached hydrogens (tertiary/aromatic N) is 2. The van der Waals surface area contributed by atoms with Crippen molar-refractivity contribution in [2.45, 2.75) is 20.3 Å². The molecule has 0 aliphatic rings. The molecule has 0 fully saturated rings. The van der Waals surface area contributed by atoms with Crippen molar-refractivity contribution in [1.82, 2.24) is 9.97 Å². The summed E-state index contributed by atoms with van der Waals surface area (Å²) in [7, 11) is 0. The van der Waals surface area contributed by atoms with Crippen molar-refractivity contribution in [3.8, 4) is 11.1 Å². The first kappa shape index (κ1) is 22.6. The predicted molar refractivity (Wildman–Crippen MR) is 129 cm³/mol. The van der Waals surface area contributed by atoms with Crippen LogP contribution in [0, 0.1) is 12.3 Å². The van der Waals surface area contributed by atoms with Gasteiger partial charge in [0.25, 0.3) is 0 Å². The lowest BCUT2D eigenvalue weighted by Crippen LogP contribution is -2.19. The van der Waals surface area contributed by atoms with Gasteiger partial charge in [-0.1, -0.05) is 31.2 Å². The standard InChI is InChI=1S/C22H21N5OS.CHNO/c1-3-14-5-4-6-17(11-14)27-22(28)26-16-9-7-15(8-10-16)18-13(2)29-21-19(18)20(23)24-12-25-21;2-1-3/h4-12H,3H2,1-2H3,(H2,23,24,25)(H2,26,27,28);2H. The molecule has 0 saturated heterocycles. The number of carbonyl (C=O) groups excluding carboxylic acids is 2. The number of hydrogen-bond acceptors (Lipinski definition) is 7. The van der Waals surface area contributed by atoms with Crippen molar-refractivity contribution in [2.24, 2.45) is 0 Å². The number of nitrogens with two attached hydrogens (primary N) is 1. The Labute approximate surface area is 189 Å². The molecule has 162 valence electrons. The molecule has 0 radical (unpaired) electrons. The minimum atomic E-state index is -0.277. The number of anilines is 3. The highest BCUT2D eigenvalue weighted by Gasteiger charge is 2.15. The van der Waals surface area contributed by atoms with Gasteiger partial charge in [0.1, 0.15) is 17.0 Å². The van der Waals surface area contributed by atoms with E-state index >= 15 is 0 Å². The zero-order valence-electron chi connectivity index (χ0n) is 17.6. The number of aryl methyl sites for hydroxylation is 2. The van der Waals surface area contributed by atoms with E-state index < -0.39 is 0 Å². The Kier molecular flexibility index (Phi) is 7.28. The maximum atomic E-state index is 12.3. The van der Waals surface area contributed by atoms with Gasteiger partial charge in [0.05, 0.1) is 5.39 Å². The third kappa shape index (κ3) is 5.15. The smallest absolute Gasteiger partial charge is 0.323 e. The Morgan fingerprint density at radius 3 is 2.50 bits per heavy atom. The molecule has 5 N–H and O–H groups in total. The molecule has 4 aromatic rings. The van der Waals surface area contributed by atoms with Gasteiger partial charge < -0.3 is 16.4 Å². The van der Waals surface area contributed by atoms with Crippen molar-refractivity contribution in [3.05, 3.63) is 65.3 Å². The van der Waals surface area contributed by atoms with E-state index in [9.17, 15) is 4.79 Å². The molecule has 0 aliphatic heterocycles. The van der Waals surface area contributed by atoms with E-state index in [0.29, 0.717) is 11.5 Å². The number of aromatic nitrogens is 2. The topological polar surface area (TPSA) is 134 Å². The van der Waals surface area contributed by atoms with Gasteiger partial charge in [0, 0.05) is 21.8 Å². The lowest BCUT2D eigenvalue weighted by Gasteiger charge is -2.10. The van der Waals surface area contributed by atoms with Crippen LogP contribution in [0.2, 0.25) is 0 Å². The fraction of sp³-hybridized carbons (Fsp3) is 0.130. The van der Waals surface area contributed by atoms with Crippen LogP contribution < -0.4 is 16.4 Å². The maximum Gasteiger partial charge on any atom is 0.323 e. The molecule has 4 rings (SSSR count). The Balaban J connectivity index is 0.000000913. The van der Waals surface area contributed by atoms with E-state index in [-0.39, 0.29) is 6.03 Å². The summed E-state index contributed by atoms with van der Waals surface area (Å²) in [5.74, 6) is 0.477. The van der Waals surface area contributed by atoms with Crippen molar-refractivity contribution in [1.29, 1.82) is 5.41 Å². The summed E-state index contributed by atoms with van der Waals surface area (Å²) in [6.45, 7) is 4.13. The lowest BCUT2D eigenvalue weighted by molar-refractivity contribution is 0.262. The van der Waals surface area contributed by atoms with E-state index in [2.05, 4.69) is 27.5 Å². The minimum absolute atomic E-state index is 0.277. The number of urea groups is 1. The van der Waals surface area contributed by atoms with Crippen molar-refractivity contribution < 1.29 is 9.59 Å². The van der Waals surface area contributed by atoms with Gasteiger partial charge in [-0.15, -0.1) is 11.3 Å². The lowest BCUT2D eigenvalue weighted by atomic mass is 10.0. The van der Waals surface area contributed by atoms with Crippen LogP contribution in [-0.4, -0.2) is 22.1 Å². The normalized spacial score (nSPS) is 10.1. The van der Waals surface area contributed by atoms with Crippen molar-refractivity contribution >= 4 is 50.9 Å². The quantitative estimate of drug-likeness (QED) is 0.247. The molecule has 2 heterocycles. The van der Waals surface area contributed by atoms with Crippen LogP contribution in [0.1, 0.15) is 17.4 Å². The number of benzene rings is 2. The van der Waals surface area contributed by atoms with Crippen LogP contribution in [0.15, 0.2) is 54.9 Å². The molecule has 2 aromatic heterocycles. The summed E-state index contributed by atoms with van der Waals surface area (Å²) >= 11 is 1.60. The first-order valence-corrected chi connectivity index (χ1v) is 10.6. The largest absolute Gasteiger partial charge is 0.383 e. The van der Waals surface area contributed by atoms with Crippen LogP contribution in [0.5, 0.6) is 0 Å². The van der Waals surface area contributed by atoms with Crippen LogP contribution >= 0.6 is 11.3 Å². The number of amides is 2. The number of isocyanates is 1. The molecular formula is C23H22N6O2S.